The average molecular weight is 246 g/mol. The summed E-state index contributed by atoms with van der Waals surface area (Å²) in [6.45, 7) is 0.732. The van der Waals surface area contributed by atoms with Gasteiger partial charge in [-0.2, -0.15) is 0 Å². The van der Waals surface area contributed by atoms with E-state index in [-0.39, 0.29) is 25.4 Å². The van der Waals surface area contributed by atoms with E-state index in [9.17, 15) is 4.79 Å². The summed E-state index contributed by atoms with van der Waals surface area (Å²) >= 11 is 0. The molecule has 1 aromatic rings. The number of ether oxygens (including phenoxy) is 1. The van der Waals surface area contributed by atoms with Crippen LogP contribution in [0.25, 0.3) is 0 Å². The zero-order valence-electron chi connectivity index (χ0n) is 8.83. The molecule has 5 heteroatoms. The van der Waals surface area contributed by atoms with Gasteiger partial charge in [-0.15, -0.1) is 12.4 Å². The Bertz CT molecular complexity index is 305. The maximum atomic E-state index is 10.3. The lowest BCUT2D eigenvalue weighted by atomic mass is 10.2. The molecule has 4 nitrogen and oxygen atoms in total. The van der Waals surface area contributed by atoms with E-state index in [4.69, 9.17) is 15.6 Å². The summed E-state index contributed by atoms with van der Waals surface area (Å²) in [6, 6.07) is 9.24. The molecule has 0 spiro atoms. The number of carboxylic acid groups (broad SMARTS) is 1. The van der Waals surface area contributed by atoms with Crippen molar-refractivity contribution in [2.75, 3.05) is 6.61 Å². The van der Waals surface area contributed by atoms with Gasteiger partial charge in [0.2, 0.25) is 0 Å². The Morgan fingerprint density at radius 1 is 1.38 bits per heavy atom. The summed E-state index contributed by atoms with van der Waals surface area (Å²) in [5, 5.41) is 8.46. The van der Waals surface area contributed by atoms with Gasteiger partial charge in [0.25, 0.3) is 0 Å². The molecule has 16 heavy (non-hydrogen) atoms. The molecule has 0 radical (unpaired) electrons. The van der Waals surface area contributed by atoms with Gasteiger partial charge in [-0.25, -0.2) is 0 Å². The minimum absolute atomic E-state index is 0. The van der Waals surface area contributed by atoms with E-state index in [1.807, 2.05) is 30.3 Å². The highest BCUT2D eigenvalue weighted by Gasteiger charge is 2.07. The Morgan fingerprint density at radius 2 is 2.00 bits per heavy atom. The molecule has 0 amide bonds. The predicted molar refractivity (Wildman–Crippen MR) is 63.6 cm³/mol. The highest BCUT2D eigenvalue weighted by molar-refractivity contribution is 5.85. The molecule has 1 aromatic carbocycles. The second-order valence-corrected chi connectivity index (χ2v) is 3.36. The van der Waals surface area contributed by atoms with Crippen LogP contribution in [-0.2, 0) is 16.1 Å². The molecular formula is C11H16ClNO3. The number of hydrogen-bond acceptors (Lipinski definition) is 3. The van der Waals surface area contributed by atoms with E-state index < -0.39 is 12.0 Å². The highest BCUT2D eigenvalue weighted by atomic mass is 35.5. The fourth-order valence-corrected chi connectivity index (χ4v) is 1.19. The number of benzene rings is 1. The highest BCUT2D eigenvalue weighted by Crippen LogP contribution is 2.01. The van der Waals surface area contributed by atoms with Crippen LogP contribution in [0.4, 0.5) is 0 Å². The number of rotatable bonds is 6. The van der Waals surface area contributed by atoms with Gasteiger partial charge in [-0.05, 0) is 5.56 Å². The average Bonchev–Trinajstić information content (AvgIpc) is 2.18. The van der Waals surface area contributed by atoms with E-state index in [0.717, 1.165) is 5.56 Å². The molecule has 0 bridgehead atoms. The van der Waals surface area contributed by atoms with Crippen molar-refractivity contribution in [2.45, 2.75) is 19.1 Å². The molecule has 0 fully saturated rings. The minimum atomic E-state index is -0.897. The number of nitrogens with two attached hydrogens (primary N) is 1. The largest absolute Gasteiger partial charge is 0.481 e. The molecule has 0 aliphatic carbocycles. The molecule has 0 saturated heterocycles. The van der Waals surface area contributed by atoms with Crippen LogP contribution in [0.1, 0.15) is 12.0 Å². The molecule has 3 N–H and O–H groups in total. The Kier molecular flexibility index (Phi) is 7.54. The summed E-state index contributed by atoms with van der Waals surface area (Å²) in [6.07, 6.45) is -0.0607. The van der Waals surface area contributed by atoms with Gasteiger partial charge in [-0.3, -0.25) is 4.79 Å². The lowest BCUT2D eigenvalue weighted by molar-refractivity contribution is -0.137. The molecule has 0 unspecified atom stereocenters. The molecule has 90 valence electrons. The van der Waals surface area contributed by atoms with Crippen molar-refractivity contribution >= 4 is 18.4 Å². The molecule has 0 aromatic heterocycles. The van der Waals surface area contributed by atoms with Crippen LogP contribution in [0.2, 0.25) is 0 Å². The quantitative estimate of drug-likeness (QED) is 0.795. The smallest absolute Gasteiger partial charge is 0.305 e. The zero-order chi connectivity index (χ0) is 11.1. The first-order chi connectivity index (χ1) is 7.18. The number of carboxylic acids is 1. The normalized spacial score (nSPS) is 11.6. The Labute approximate surface area is 101 Å². The standard InChI is InChI=1S/C11H15NO3.ClH/c12-10(6-11(13)14)8-15-7-9-4-2-1-3-5-9;/h1-5,10H,6-8,12H2,(H,13,14);1H/t10-;/m1./s1. The van der Waals surface area contributed by atoms with Crippen molar-refractivity contribution in [2.24, 2.45) is 5.73 Å². The first-order valence-electron chi connectivity index (χ1n) is 4.77. The third kappa shape index (κ3) is 6.40. The van der Waals surface area contributed by atoms with Crippen molar-refractivity contribution < 1.29 is 14.6 Å². The SMILES string of the molecule is Cl.N[C@@H](COCc1ccccc1)CC(=O)O. The van der Waals surface area contributed by atoms with Crippen molar-refractivity contribution in [3.63, 3.8) is 0 Å². The fraction of sp³-hybridized carbons (Fsp3) is 0.364. The van der Waals surface area contributed by atoms with Gasteiger partial charge in [-0.1, -0.05) is 30.3 Å². The maximum Gasteiger partial charge on any atom is 0.305 e. The van der Waals surface area contributed by atoms with Gasteiger partial charge < -0.3 is 15.6 Å². The van der Waals surface area contributed by atoms with Crippen molar-refractivity contribution in [3.05, 3.63) is 35.9 Å². The Morgan fingerprint density at radius 3 is 2.56 bits per heavy atom. The second-order valence-electron chi connectivity index (χ2n) is 3.36. The van der Waals surface area contributed by atoms with Crippen LogP contribution < -0.4 is 5.73 Å². The molecule has 0 aliphatic rings. The van der Waals surface area contributed by atoms with Gasteiger partial charge in [0.15, 0.2) is 0 Å². The van der Waals surface area contributed by atoms with Gasteiger partial charge in [0.1, 0.15) is 0 Å². The number of aliphatic carboxylic acids is 1. The third-order valence-electron chi connectivity index (χ3n) is 1.88. The van der Waals surface area contributed by atoms with Crippen LogP contribution in [0, 0.1) is 0 Å². The molecule has 0 saturated carbocycles. The van der Waals surface area contributed by atoms with Crippen LogP contribution in [0.3, 0.4) is 0 Å². The zero-order valence-corrected chi connectivity index (χ0v) is 9.65. The molecular weight excluding hydrogens is 230 g/mol. The molecule has 0 aliphatic heterocycles. The first-order valence-corrected chi connectivity index (χ1v) is 4.77. The van der Waals surface area contributed by atoms with Gasteiger partial charge in [0.05, 0.1) is 19.6 Å². The topological polar surface area (TPSA) is 72.5 Å². The summed E-state index contributed by atoms with van der Waals surface area (Å²) in [7, 11) is 0. The van der Waals surface area contributed by atoms with Crippen LogP contribution >= 0.6 is 12.4 Å². The van der Waals surface area contributed by atoms with Gasteiger partial charge >= 0.3 is 5.97 Å². The second kappa shape index (κ2) is 8.10. The van der Waals surface area contributed by atoms with Crippen LogP contribution in [-0.4, -0.2) is 23.7 Å². The number of hydrogen-bond donors (Lipinski definition) is 2. The summed E-state index contributed by atoms with van der Waals surface area (Å²) in [5.41, 5.74) is 6.59. The summed E-state index contributed by atoms with van der Waals surface area (Å²) in [5.74, 6) is -0.897. The minimum Gasteiger partial charge on any atom is -0.481 e. The maximum absolute atomic E-state index is 10.3. The lowest BCUT2D eigenvalue weighted by Crippen LogP contribution is -2.28. The van der Waals surface area contributed by atoms with Crippen LogP contribution in [0.5, 0.6) is 0 Å². The van der Waals surface area contributed by atoms with Crippen molar-refractivity contribution in [1.82, 2.24) is 0 Å². The third-order valence-corrected chi connectivity index (χ3v) is 1.88. The Balaban J connectivity index is 0.00000225. The van der Waals surface area contributed by atoms with E-state index in [0.29, 0.717) is 6.61 Å². The van der Waals surface area contributed by atoms with E-state index >= 15 is 0 Å². The van der Waals surface area contributed by atoms with Crippen molar-refractivity contribution in [1.29, 1.82) is 0 Å². The first kappa shape index (κ1) is 14.9. The molecule has 1 atom stereocenters. The molecule has 1 rings (SSSR count). The monoisotopic (exact) mass is 245 g/mol. The van der Waals surface area contributed by atoms with Crippen LogP contribution in [0.15, 0.2) is 30.3 Å². The van der Waals surface area contributed by atoms with E-state index in [1.54, 1.807) is 0 Å². The predicted octanol–water partition coefficient (Wildman–Crippen LogP) is 1.43. The summed E-state index contributed by atoms with van der Waals surface area (Å²) < 4.78 is 5.29. The van der Waals surface area contributed by atoms with Gasteiger partial charge in [0, 0.05) is 6.04 Å². The number of carbonyl (C=O) groups is 1. The van der Waals surface area contributed by atoms with Crippen molar-refractivity contribution in [3.8, 4) is 0 Å². The summed E-state index contributed by atoms with van der Waals surface area (Å²) in [4.78, 5) is 10.3. The molecule has 0 heterocycles. The fourth-order valence-electron chi connectivity index (χ4n) is 1.19. The lowest BCUT2D eigenvalue weighted by Gasteiger charge is -2.09. The number of halogens is 1. The Hall–Kier alpha value is -1.10. The van der Waals surface area contributed by atoms with E-state index in [2.05, 4.69) is 0 Å². The van der Waals surface area contributed by atoms with E-state index in [1.165, 1.54) is 0 Å².